The van der Waals surface area contributed by atoms with Crippen LogP contribution in [0.5, 0.6) is 0 Å². The number of hydrogen-bond donors (Lipinski definition) is 0. The van der Waals surface area contributed by atoms with E-state index in [9.17, 15) is 9.59 Å². The van der Waals surface area contributed by atoms with Crippen molar-refractivity contribution in [2.45, 2.75) is 11.4 Å². The highest BCUT2D eigenvalue weighted by atomic mass is 32.2. The summed E-state index contributed by atoms with van der Waals surface area (Å²) in [5, 5.41) is 0. The third kappa shape index (κ3) is 2.67. The van der Waals surface area contributed by atoms with Crippen LogP contribution in [0.15, 0.2) is 46.1 Å². The van der Waals surface area contributed by atoms with Crippen LogP contribution in [0.1, 0.15) is 15.9 Å². The maximum absolute atomic E-state index is 12.1. The molecule has 0 atom stereocenters. The molecule has 1 aliphatic heterocycles. The number of carbonyl (C=O) groups is 2. The smallest absolute Gasteiger partial charge is 0.337 e. The maximum atomic E-state index is 12.1. The molecule has 5 nitrogen and oxygen atoms in total. The van der Waals surface area contributed by atoms with Gasteiger partial charge < -0.3 is 14.1 Å². The van der Waals surface area contributed by atoms with E-state index in [2.05, 4.69) is 0 Å². The normalized spacial score (nSPS) is 14.0. The highest BCUT2D eigenvalue weighted by Gasteiger charge is 2.26. The third-order valence-electron chi connectivity index (χ3n) is 3.24. The Hall–Kier alpha value is -2.21. The molecule has 1 aliphatic rings. The van der Waals surface area contributed by atoms with Gasteiger partial charge in [-0.3, -0.25) is 4.79 Å². The number of carbonyl (C=O) groups excluding carboxylic acids is 2. The third-order valence-corrected chi connectivity index (χ3v) is 4.27. The van der Waals surface area contributed by atoms with Crippen LogP contribution in [0.4, 0.5) is 5.69 Å². The molecule has 2 aromatic rings. The molecule has 0 spiro atoms. The SMILES string of the molecule is COC(=O)c1ccc2c(c1)SCC(=O)N2Cc1ccoc1. The van der Waals surface area contributed by atoms with Crippen LogP contribution in [0.2, 0.25) is 0 Å². The molecule has 108 valence electrons. The van der Waals surface area contributed by atoms with Crippen molar-refractivity contribution in [1.29, 1.82) is 0 Å². The molecule has 3 rings (SSSR count). The summed E-state index contributed by atoms with van der Waals surface area (Å²) in [6, 6.07) is 7.05. The van der Waals surface area contributed by atoms with Gasteiger partial charge in [0.1, 0.15) is 0 Å². The number of rotatable bonds is 3. The lowest BCUT2D eigenvalue weighted by atomic mass is 10.1. The summed E-state index contributed by atoms with van der Waals surface area (Å²) >= 11 is 1.43. The van der Waals surface area contributed by atoms with E-state index in [0.717, 1.165) is 16.1 Å². The van der Waals surface area contributed by atoms with Crippen LogP contribution in [0.3, 0.4) is 0 Å². The number of nitrogens with zero attached hydrogens (tertiary/aromatic N) is 1. The minimum Gasteiger partial charge on any atom is -0.472 e. The Balaban J connectivity index is 1.94. The number of methoxy groups -OCH3 is 1. The van der Waals surface area contributed by atoms with E-state index in [1.807, 2.05) is 6.07 Å². The van der Waals surface area contributed by atoms with Crippen LogP contribution >= 0.6 is 11.8 Å². The predicted molar refractivity (Wildman–Crippen MR) is 78.4 cm³/mol. The second kappa shape index (κ2) is 5.65. The molecule has 0 unspecified atom stereocenters. The van der Waals surface area contributed by atoms with Crippen LogP contribution in [0.25, 0.3) is 0 Å². The zero-order valence-corrected chi connectivity index (χ0v) is 12.2. The molecule has 2 heterocycles. The van der Waals surface area contributed by atoms with E-state index in [1.165, 1.54) is 18.9 Å². The number of benzene rings is 1. The van der Waals surface area contributed by atoms with Crippen LogP contribution in [0, 0.1) is 0 Å². The summed E-state index contributed by atoms with van der Waals surface area (Å²) in [6.45, 7) is 0.459. The summed E-state index contributed by atoms with van der Waals surface area (Å²) in [7, 11) is 1.35. The Kier molecular flexibility index (Phi) is 3.70. The van der Waals surface area contributed by atoms with Gasteiger partial charge in [-0.2, -0.15) is 0 Å². The van der Waals surface area contributed by atoms with Gasteiger partial charge in [0.05, 0.1) is 43.2 Å². The summed E-state index contributed by atoms with van der Waals surface area (Å²) < 4.78 is 9.76. The number of hydrogen-bond acceptors (Lipinski definition) is 5. The molecule has 0 saturated heterocycles. The van der Waals surface area contributed by atoms with E-state index >= 15 is 0 Å². The molecule has 0 N–H and O–H groups in total. The minimum absolute atomic E-state index is 0.0412. The van der Waals surface area contributed by atoms with E-state index in [1.54, 1.807) is 35.6 Å². The van der Waals surface area contributed by atoms with Gasteiger partial charge in [-0.1, -0.05) is 0 Å². The molecule has 6 heteroatoms. The van der Waals surface area contributed by atoms with Gasteiger partial charge in [0.25, 0.3) is 0 Å². The maximum Gasteiger partial charge on any atom is 0.337 e. The topological polar surface area (TPSA) is 59.8 Å². The van der Waals surface area contributed by atoms with Gasteiger partial charge in [0, 0.05) is 10.5 Å². The number of amides is 1. The lowest BCUT2D eigenvalue weighted by Crippen LogP contribution is -2.34. The van der Waals surface area contributed by atoms with Gasteiger partial charge in [-0.05, 0) is 24.3 Å². The van der Waals surface area contributed by atoms with Gasteiger partial charge in [-0.25, -0.2) is 4.79 Å². The van der Waals surface area contributed by atoms with Gasteiger partial charge >= 0.3 is 5.97 Å². The highest BCUT2D eigenvalue weighted by Crippen LogP contribution is 2.37. The number of esters is 1. The van der Waals surface area contributed by atoms with Crippen molar-refractivity contribution in [3.63, 3.8) is 0 Å². The zero-order valence-electron chi connectivity index (χ0n) is 11.4. The zero-order chi connectivity index (χ0) is 14.8. The molecule has 21 heavy (non-hydrogen) atoms. The van der Waals surface area contributed by atoms with Crippen molar-refractivity contribution in [3.8, 4) is 0 Å². The van der Waals surface area contributed by atoms with E-state index in [0.29, 0.717) is 17.9 Å². The molecule has 0 radical (unpaired) electrons. The largest absolute Gasteiger partial charge is 0.472 e. The van der Waals surface area contributed by atoms with Gasteiger partial charge in [0.2, 0.25) is 5.91 Å². The molecule has 0 fully saturated rings. The van der Waals surface area contributed by atoms with Crippen LogP contribution in [-0.4, -0.2) is 24.7 Å². The van der Waals surface area contributed by atoms with Crippen molar-refractivity contribution >= 4 is 29.3 Å². The highest BCUT2D eigenvalue weighted by molar-refractivity contribution is 8.00. The summed E-state index contributed by atoms with van der Waals surface area (Å²) in [6.07, 6.45) is 3.21. The first-order valence-electron chi connectivity index (χ1n) is 6.35. The summed E-state index contributed by atoms with van der Waals surface area (Å²) in [4.78, 5) is 26.3. The van der Waals surface area contributed by atoms with Crippen molar-refractivity contribution in [1.82, 2.24) is 0 Å². The molecule has 1 aromatic heterocycles. The first kappa shape index (κ1) is 13.8. The fraction of sp³-hybridized carbons (Fsp3) is 0.200. The van der Waals surface area contributed by atoms with Crippen molar-refractivity contribution in [2.24, 2.45) is 0 Å². The predicted octanol–water partition coefficient (Wildman–Crippen LogP) is 2.71. The monoisotopic (exact) mass is 303 g/mol. The average Bonchev–Trinajstić information content (AvgIpc) is 3.02. The molecule has 0 saturated carbocycles. The van der Waals surface area contributed by atoms with Crippen molar-refractivity contribution in [3.05, 3.63) is 47.9 Å². The Bertz CT molecular complexity index is 681. The number of anilines is 1. The molecule has 1 aromatic carbocycles. The fourth-order valence-electron chi connectivity index (χ4n) is 2.19. The first-order chi connectivity index (χ1) is 10.2. The van der Waals surface area contributed by atoms with Crippen LogP contribution < -0.4 is 4.90 Å². The lowest BCUT2D eigenvalue weighted by Gasteiger charge is -2.28. The van der Waals surface area contributed by atoms with E-state index < -0.39 is 0 Å². The molecular formula is C15H13NO4S. The van der Waals surface area contributed by atoms with E-state index in [-0.39, 0.29) is 11.9 Å². The summed E-state index contributed by atoms with van der Waals surface area (Å²) in [5.74, 6) is 0.0198. The second-order valence-electron chi connectivity index (χ2n) is 4.57. The molecule has 1 amide bonds. The van der Waals surface area contributed by atoms with Crippen molar-refractivity contribution < 1.29 is 18.7 Å². The lowest BCUT2D eigenvalue weighted by molar-refractivity contribution is -0.116. The van der Waals surface area contributed by atoms with Crippen molar-refractivity contribution in [2.75, 3.05) is 17.8 Å². The Morgan fingerprint density at radius 3 is 3.00 bits per heavy atom. The van der Waals surface area contributed by atoms with E-state index in [4.69, 9.17) is 9.15 Å². The molecule has 0 bridgehead atoms. The Labute approximate surface area is 125 Å². The minimum atomic E-state index is -0.378. The average molecular weight is 303 g/mol. The van der Waals surface area contributed by atoms with Gasteiger partial charge in [0.15, 0.2) is 0 Å². The molecular weight excluding hydrogens is 290 g/mol. The fourth-order valence-corrected chi connectivity index (χ4v) is 3.16. The number of furan rings is 1. The second-order valence-corrected chi connectivity index (χ2v) is 5.59. The number of fused-ring (bicyclic) bond motifs is 1. The number of thioether (sulfide) groups is 1. The number of ether oxygens (including phenoxy) is 1. The Morgan fingerprint density at radius 1 is 1.43 bits per heavy atom. The van der Waals surface area contributed by atoms with Gasteiger partial charge in [-0.15, -0.1) is 11.8 Å². The Morgan fingerprint density at radius 2 is 2.29 bits per heavy atom. The molecule has 0 aliphatic carbocycles. The standard InChI is InChI=1S/C15H13NO4S/c1-19-15(18)11-2-3-12-13(6-11)21-9-14(17)16(12)7-10-4-5-20-8-10/h2-6,8H,7,9H2,1H3. The summed E-state index contributed by atoms with van der Waals surface area (Å²) in [5.41, 5.74) is 2.23. The quantitative estimate of drug-likeness (QED) is 0.816. The first-order valence-corrected chi connectivity index (χ1v) is 7.34. The van der Waals surface area contributed by atoms with Crippen LogP contribution in [-0.2, 0) is 16.1 Å².